The minimum Gasteiger partial charge on any atom is -0.479 e. The highest BCUT2D eigenvalue weighted by atomic mass is 79.9. The third-order valence-corrected chi connectivity index (χ3v) is 3.06. The largest absolute Gasteiger partial charge is 0.479 e. The molecule has 17 heavy (non-hydrogen) atoms. The lowest BCUT2D eigenvalue weighted by Gasteiger charge is -2.13. The lowest BCUT2D eigenvalue weighted by molar-refractivity contribution is -0.147. The minimum atomic E-state index is -1.51. The van der Waals surface area contributed by atoms with Crippen LogP contribution in [-0.2, 0) is 17.8 Å². The summed E-state index contributed by atoms with van der Waals surface area (Å²) in [6.07, 6.45) is 0.000511. The molecule has 0 aliphatic rings. The Morgan fingerprint density at radius 3 is 2.65 bits per heavy atom. The first-order valence-electron chi connectivity index (χ1n) is 5.29. The monoisotopic (exact) mass is 302 g/mol. The van der Waals surface area contributed by atoms with Gasteiger partial charge in [-0.3, -0.25) is 0 Å². The summed E-state index contributed by atoms with van der Waals surface area (Å²) in [6.45, 7) is -0.0925. The number of carboxylic acid groups (broad SMARTS) is 1. The number of alkyl halides is 1. The molecule has 0 spiro atoms. The third kappa shape index (κ3) is 3.80. The van der Waals surface area contributed by atoms with Crippen molar-refractivity contribution in [3.63, 3.8) is 0 Å². The summed E-state index contributed by atoms with van der Waals surface area (Å²) in [5, 5.41) is 28.2. The SMILES string of the molecule is O=C(O)C(O)c1ccc(CO)cc1CCCBr. The van der Waals surface area contributed by atoms with E-state index >= 15 is 0 Å². The Morgan fingerprint density at radius 1 is 1.41 bits per heavy atom. The number of aliphatic carboxylic acids is 1. The van der Waals surface area contributed by atoms with Crippen molar-refractivity contribution >= 4 is 21.9 Å². The average molecular weight is 303 g/mol. The van der Waals surface area contributed by atoms with Crippen LogP contribution < -0.4 is 0 Å². The molecule has 94 valence electrons. The predicted molar refractivity (Wildman–Crippen MR) is 67.1 cm³/mol. The number of hydrogen-bond donors (Lipinski definition) is 3. The zero-order chi connectivity index (χ0) is 12.8. The van der Waals surface area contributed by atoms with E-state index in [0.717, 1.165) is 22.9 Å². The maximum absolute atomic E-state index is 10.8. The van der Waals surface area contributed by atoms with Crippen molar-refractivity contribution in [1.82, 2.24) is 0 Å². The molecule has 4 nitrogen and oxygen atoms in total. The highest BCUT2D eigenvalue weighted by Gasteiger charge is 2.19. The van der Waals surface area contributed by atoms with Gasteiger partial charge in [-0.2, -0.15) is 0 Å². The fourth-order valence-corrected chi connectivity index (χ4v) is 1.91. The number of aryl methyl sites for hydroxylation is 1. The van der Waals surface area contributed by atoms with Crippen LogP contribution in [0, 0.1) is 0 Å². The van der Waals surface area contributed by atoms with Gasteiger partial charge in [-0.15, -0.1) is 0 Å². The van der Waals surface area contributed by atoms with Crippen molar-refractivity contribution in [2.45, 2.75) is 25.6 Å². The van der Waals surface area contributed by atoms with Gasteiger partial charge in [-0.25, -0.2) is 4.79 Å². The van der Waals surface area contributed by atoms with Crippen molar-refractivity contribution in [1.29, 1.82) is 0 Å². The van der Waals surface area contributed by atoms with Gasteiger partial charge >= 0.3 is 5.97 Å². The highest BCUT2D eigenvalue weighted by molar-refractivity contribution is 9.09. The van der Waals surface area contributed by atoms with Gasteiger partial charge in [0.05, 0.1) is 6.61 Å². The van der Waals surface area contributed by atoms with E-state index in [-0.39, 0.29) is 6.61 Å². The number of halogens is 1. The number of aliphatic hydroxyl groups excluding tert-OH is 2. The van der Waals surface area contributed by atoms with Gasteiger partial charge in [0.2, 0.25) is 0 Å². The summed E-state index contributed by atoms with van der Waals surface area (Å²) >= 11 is 3.30. The van der Waals surface area contributed by atoms with Crippen LogP contribution in [0.5, 0.6) is 0 Å². The maximum Gasteiger partial charge on any atom is 0.337 e. The standard InChI is InChI=1S/C12H15BrO4/c13-5-1-2-9-6-8(7-14)3-4-10(9)11(15)12(16)17/h3-4,6,11,14-15H,1-2,5,7H2,(H,16,17). The predicted octanol–water partition coefficient (Wildman–Crippen LogP) is 1.62. The molecule has 0 fully saturated rings. The second-order valence-electron chi connectivity index (χ2n) is 3.72. The quantitative estimate of drug-likeness (QED) is 0.698. The van der Waals surface area contributed by atoms with E-state index in [0.29, 0.717) is 12.0 Å². The summed E-state index contributed by atoms with van der Waals surface area (Å²) < 4.78 is 0. The summed E-state index contributed by atoms with van der Waals surface area (Å²) in [5.41, 5.74) is 1.89. The van der Waals surface area contributed by atoms with E-state index in [1.807, 2.05) is 0 Å². The molecule has 0 saturated heterocycles. The van der Waals surface area contributed by atoms with Crippen molar-refractivity contribution < 1.29 is 20.1 Å². The fraction of sp³-hybridized carbons (Fsp3) is 0.417. The van der Waals surface area contributed by atoms with Crippen LogP contribution in [0.3, 0.4) is 0 Å². The van der Waals surface area contributed by atoms with E-state index in [4.69, 9.17) is 10.2 Å². The summed E-state index contributed by atoms with van der Waals surface area (Å²) in [5.74, 6) is -1.26. The molecular weight excluding hydrogens is 288 g/mol. The average Bonchev–Trinajstić information content (AvgIpc) is 2.34. The molecule has 1 aromatic rings. The molecule has 5 heteroatoms. The van der Waals surface area contributed by atoms with E-state index in [1.54, 1.807) is 18.2 Å². The molecule has 0 heterocycles. The van der Waals surface area contributed by atoms with E-state index < -0.39 is 12.1 Å². The Morgan fingerprint density at radius 2 is 2.12 bits per heavy atom. The number of benzene rings is 1. The maximum atomic E-state index is 10.8. The second-order valence-corrected chi connectivity index (χ2v) is 4.52. The lowest BCUT2D eigenvalue weighted by Crippen LogP contribution is -2.13. The van der Waals surface area contributed by atoms with Crippen LogP contribution in [0.15, 0.2) is 18.2 Å². The highest BCUT2D eigenvalue weighted by Crippen LogP contribution is 2.22. The number of carboxylic acids is 1. The van der Waals surface area contributed by atoms with Crippen LogP contribution in [-0.4, -0.2) is 26.6 Å². The first-order valence-corrected chi connectivity index (χ1v) is 6.41. The van der Waals surface area contributed by atoms with Gasteiger partial charge in [-0.1, -0.05) is 34.1 Å². The third-order valence-electron chi connectivity index (χ3n) is 2.50. The van der Waals surface area contributed by atoms with Crippen LogP contribution in [0.25, 0.3) is 0 Å². The Labute approximate surface area is 108 Å². The van der Waals surface area contributed by atoms with Crippen LogP contribution in [0.4, 0.5) is 0 Å². The van der Waals surface area contributed by atoms with Gasteiger partial charge in [0.1, 0.15) is 0 Å². The molecule has 0 aromatic heterocycles. The molecule has 0 aliphatic carbocycles. The van der Waals surface area contributed by atoms with Gasteiger partial charge in [0.15, 0.2) is 6.10 Å². The summed E-state index contributed by atoms with van der Waals surface area (Å²) in [7, 11) is 0. The smallest absolute Gasteiger partial charge is 0.337 e. The first kappa shape index (κ1) is 14.2. The Bertz CT molecular complexity index is 392. The minimum absolute atomic E-state index is 0.0925. The zero-order valence-corrected chi connectivity index (χ0v) is 10.9. The summed E-state index contributed by atoms with van der Waals surface area (Å²) in [4.78, 5) is 10.8. The molecular formula is C12H15BrO4. The van der Waals surface area contributed by atoms with Crippen LogP contribution >= 0.6 is 15.9 Å². The topological polar surface area (TPSA) is 77.8 Å². The molecule has 1 aromatic carbocycles. The molecule has 0 aliphatic heterocycles. The van der Waals surface area contributed by atoms with E-state index in [2.05, 4.69) is 15.9 Å². The number of hydrogen-bond acceptors (Lipinski definition) is 3. The summed E-state index contributed by atoms with van der Waals surface area (Å²) in [6, 6.07) is 4.93. The normalized spacial score (nSPS) is 12.4. The van der Waals surface area contributed by atoms with Crippen molar-refractivity contribution in [2.75, 3.05) is 5.33 Å². The zero-order valence-electron chi connectivity index (χ0n) is 9.27. The Hall–Kier alpha value is -0.910. The molecule has 1 unspecified atom stereocenters. The number of aliphatic hydroxyl groups is 2. The van der Waals surface area contributed by atoms with Crippen molar-refractivity contribution in [3.05, 3.63) is 34.9 Å². The Balaban J connectivity index is 3.05. The van der Waals surface area contributed by atoms with Gasteiger partial charge < -0.3 is 15.3 Å². The van der Waals surface area contributed by atoms with E-state index in [9.17, 15) is 9.90 Å². The van der Waals surface area contributed by atoms with Crippen molar-refractivity contribution in [3.8, 4) is 0 Å². The second kappa shape index (κ2) is 6.74. The number of rotatable bonds is 6. The fourth-order valence-electron chi connectivity index (χ4n) is 1.63. The van der Waals surface area contributed by atoms with Crippen LogP contribution in [0.2, 0.25) is 0 Å². The lowest BCUT2D eigenvalue weighted by atomic mass is 9.96. The Kier molecular flexibility index (Phi) is 5.61. The van der Waals surface area contributed by atoms with Crippen molar-refractivity contribution in [2.24, 2.45) is 0 Å². The molecule has 0 amide bonds. The molecule has 3 N–H and O–H groups in total. The molecule has 1 atom stereocenters. The van der Waals surface area contributed by atoms with E-state index in [1.165, 1.54) is 0 Å². The molecule has 0 bridgehead atoms. The number of carbonyl (C=O) groups is 1. The van der Waals surface area contributed by atoms with Gasteiger partial charge in [-0.05, 0) is 29.5 Å². The molecule has 0 saturated carbocycles. The van der Waals surface area contributed by atoms with Gasteiger partial charge in [0.25, 0.3) is 0 Å². The van der Waals surface area contributed by atoms with Gasteiger partial charge in [0, 0.05) is 5.33 Å². The van der Waals surface area contributed by atoms with Crippen LogP contribution in [0.1, 0.15) is 29.2 Å². The molecule has 1 rings (SSSR count). The first-order chi connectivity index (χ1) is 8.10. The molecule has 0 radical (unpaired) electrons.